The minimum absolute atomic E-state index is 0.0393. The average Bonchev–Trinajstić information content (AvgIpc) is 3.19. The number of carbonyl (C=O) groups excluding carboxylic acids is 1. The Morgan fingerprint density at radius 3 is 2.34 bits per heavy atom. The van der Waals surface area contributed by atoms with E-state index in [0.29, 0.717) is 32.0 Å². The number of ether oxygens (including phenoxy) is 1. The fourth-order valence-electron chi connectivity index (χ4n) is 4.25. The van der Waals surface area contributed by atoms with Gasteiger partial charge in [-0.15, -0.1) is 0 Å². The second-order valence-corrected chi connectivity index (χ2v) is 7.87. The number of carbonyl (C=O) groups is 1. The third-order valence-corrected chi connectivity index (χ3v) is 5.84. The van der Waals surface area contributed by atoms with E-state index in [0.717, 1.165) is 27.9 Å². The monoisotopic (exact) mass is 428 g/mol. The summed E-state index contributed by atoms with van der Waals surface area (Å²) in [5.74, 6) is -0.0948. The van der Waals surface area contributed by atoms with E-state index >= 15 is 0 Å². The van der Waals surface area contributed by atoms with Crippen LogP contribution in [0.15, 0.2) is 71.5 Å². The zero-order chi connectivity index (χ0) is 22.1. The molecule has 0 N–H and O–H groups in total. The Kier molecular flexibility index (Phi) is 5.33. The number of aryl methyl sites for hydroxylation is 1. The fraction of sp³-hybridized carbons (Fsp3) is 0.240. The number of hydrogen-bond donors (Lipinski definition) is 0. The third-order valence-electron chi connectivity index (χ3n) is 5.84. The molecule has 0 atom stereocenters. The molecular weight excluding hydrogens is 404 g/mol. The van der Waals surface area contributed by atoms with E-state index in [9.17, 15) is 9.59 Å². The number of rotatable bonds is 4. The first-order chi connectivity index (χ1) is 15.6. The number of fused-ring (bicyclic) bond motifs is 1. The number of benzene rings is 2. The Morgan fingerprint density at radius 2 is 1.66 bits per heavy atom. The first-order valence-electron chi connectivity index (χ1n) is 10.7. The standard InChI is InChI=1S/C25H24N4O3/c1-18-24-21(19-8-4-2-5-9-19)16-22(30)28(17-23(31)27-12-14-32-15-13-27)25(24)29(26-18)20-10-6-3-7-11-20/h2-11,16H,12-15,17H2,1H3. The van der Waals surface area contributed by atoms with E-state index in [2.05, 4.69) is 0 Å². The van der Waals surface area contributed by atoms with E-state index in [1.165, 1.54) is 0 Å². The molecule has 2 aromatic carbocycles. The topological polar surface area (TPSA) is 69.4 Å². The lowest BCUT2D eigenvalue weighted by molar-refractivity contribution is -0.135. The molecule has 4 aromatic rings. The van der Waals surface area contributed by atoms with Gasteiger partial charge >= 0.3 is 0 Å². The summed E-state index contributed by atoms with van der Waals surface area (Å²) in [6.45, 7) is 4.01. The van der Waals surface area contributed by atoms with E-state index in [1.54, 1.807) is 20.2 Å². The van der Waals surface area contributed by atoms with Crippen LogP contribution in [0, 0.1) is 6.92 Å². The summed E-state index contributed by atoms with van der Waals surface area (Å²) in [5.41, 5.74) is 3.80. The van der Waals surface area contributed by atoms with E-state index in [1.807, 2.05) is 67.6 Å². The Balaban J connectivity index is 1.73. The Morgan fingerprint density at radius 1 is 1.00 bits per heavy atom. The van der Waals surface area contributed by atoms with E-state index in [-0.39, 0.29) is 18.0 Å². The van der Waals surface area contributed by atoms with Gasteiger partial charge in [0.05, 0.1) is 24.6 Å². The van der Waals surface area contributed by atoms with Crippen molar-refractivity contribution in [1.29, 1.82) is 0 Å². The number of aromatic nitrogens is 3. The highest BCUT2D eigenvalue weighted by Gasteiger charge is 2.23. The molecule has 1 amide bonds. The minimum Gasteiger partial charge on any atom is -0.378 e. The van der Waals surface area contributed by atoms with Crippen molar-refractivity contribution < 1.29 is 9.53 Å². The maximum Gasteiger partial charge on any atom is 0.253 e. The van der Waals surface area contributed by atoms with Crippen LogP contribution in [0.3, 0.4) is 0 Å². The van der Waals surface area contributed by atoms with Crippen molar-refractivity contribution >= 4 is 16.9 Å². The summed E-state index contributed by atoms with van der Waals surface area (Å²) < 4.78 is 8.68. The van der Waals surface area contributed by atoms with Crippen molar-refractivity contribution in [3.05, 3.63) is 82.8 Å². The number of hydrogen-bond acceptors (Lipinski definition) is 4. The molecule has 1 aliphatic heterocycles. The summed E-state index contributed by atoms with van der Waals surface area (Å²) in [4.78, 5) is 28.2. The second-order valence-electron chi connectivity index (χ2n) is 7.87. The molecule has 0 radical (unpaired) electrons. The Bertz CT molecular complexity index is 1320. The van der Waals surface area contributed by atoms with Gasteiger partial charge in [0.15, 0.2) is 0 Å². The normalized spacial score (nSPS) is 14.1. The molecule has 7 nitrogen and oxygen atoms in total. The molecule has 7 heteroatoms. The molecule has 0 spiro atoms. The summed E-state index contributed by atoms with van der Waals surface area (Å²) in [5, 5.41) is 5.65. The highest BCUT2D eigenvalue weighted by atomic mass is 16.5. The predicted octanol–water partition coefficient (Wildman–Crippen LogP) is 3.02. The van der Waals surface area contributed by atoms with Crippen LogP contribution < -0.4 is 5.56 Å². The maximum atomic E-state index is 13.4. The van der Waals surface area contributed by atoms with E-state index < -0.39 is 0 Å². The second kappa shape index (κ2) is 8.43. The number of amides is 1. The molecule has 3 heterocycles. The van der Waals surface area contributed by atoms with Gasteiger partial charge in [-0.25, -0.2) is 4.68 Å². The summed E-state index contributed by atoms with van der Waals surface area (Å²) in [7, 11) is 0. The van der Waals surface area contributed by atoms with Crippen molar-refractivity contribution in [2.75, 3.05) is 26.3 Å². The predicted molar refractivity (Wildman–Crippen MR) is 123 cm³/mol. The molecule has 1 saturated heterocycles. The largest absolute Gasteiger partial charge is 0.378 e. The number of morpholine rings is 1. The highest BCUT2D eigenvalue weighted by Crippen LogP contribution is 2.31. The molecule has 0 saturated carbocycles. The quantitative estimate of drug-likeness (QED) is 0.501. The van der Waals surface area contributed by atoms with Crippen LogP contribution in [0.1, 0.15) is 5.69 Å². The van der Waals surface area contributed by atoms with Crippen molar-refractivity contribution in [1.82, 2.24) is 19.2 Å². The highest BCUT2D eigenvalue weighted by molar-refractivity contribution is 5.96. The summed E-state index contributed by atoms with van der Waals surface area (Å²) >= 11 is 0. The molecule has 32 heavy (non-hydrogen) atoms. The SMILES string of the molecule is Cc1nn(-c2ccccc2)c2c1c(-c1ccccc1)cc(=O)n2CC(=O)N1CCOCC1. The van der Waals surface area contributed by atoms with Gasteiger partial charge in [0.25, 0.3) is 5.56 Å². The van der Waals surface area contributed by atoms with Crippen molar-refractivity contribution in [3.8, 4) is 16.8 Å². The van der Waals surface area contributed by atoms with Crippen molar-refractivity contribution in [3.63, 3.8) is 0 Å². The van der Waals surface area contributed by atoms with Gasteiger partial charge in [-0.05, 0) is 30.2 Å². The Hall–Kier alpha value is -3.71. The van der Waals surface area contributed by atoms with Crippen LogP contribution >= 0.6 is 0 Å². The van der Waals surface area contributed by atoms with Crippen LogP contribution in [0.2, 0.25) is 0 Å². The zero-order valence-corrected chi connectivity index (χ0v) is 17.9. The molecular formula is C25H24N4O3. The van der Waals surface area contributed by atoms with Crippen LogP contribution in [0.4, 0.5) is 0 Å². The van der Waals surface area contributed by atoms with Gasteiger partial charge in [-0.3, -0.25) is 14.2 Å². The lowest BCUT2D eigenvalue weighted by Gasteiger charge is -2.27. The third kappa shape index (κ3) is 3.61. The number of nitrogens with zero attached hydrogens (tertiary/aromatic N) is 4. The fourth-order valence-corrected chi connectivity index (χ4v) is 4.25. The van der Waals surface area contributed by atoms with Gasteiger partial charge < -0.3 is 9.64 Å². The van der Waals surface area contributed by atoms with Crippen LogP contribution in [0.25, 0.3) is 27.8 Å². The van der Waals surface area contributed by atoms with Gasteiger partial charge in [0.1, 0.15) is 12.2 Å². The molecule has 1 aliphatic rings. The van der Waals surface area contributed by atoms with Gasteiger partial charge in [-0.2, -0.15) is 5.10 Å². The summed E-state index contributed by atoms with van der Waals surface area (Å²) in [6, 6.07) is 21.1. The minimum atomic E-state index is -0.227. The average molecular weight is 428 g/mol. The van der Waals surface area contributed by atoms with E-state index in [4.69, 9.17) is 9.84 Å². The lowest BCUT2D eigenvalue weighted by atomic mass is 10.0. The van der Waals surface area contributed by atoms with Crippen LogP contribution in [-0.2, 0) is 16.1 Å². The molecule has 0 bridgehead atoms. The van der Waals surface area contributed by atoms with Crippen LogP contribution in [0.5, 0.6) is 0 Å². The first-order valence-corrected chi connectivity index (χ1v) is 10.7. The maximum absolute atomic E-state index is 13.4. The molecule has 162 valence electrons. The molecule has 0 aliphatic carbocycles. The number of pyridine rings is 1. The summed E-state index contributed by atoms with van der Waals surface area (Å²) in [6.07, 6.45) is 0. The zero-order valence-electron chi connectivity index (χ0n) is 17.9. The molecule has 0 unspecified atom stereocenters. The van der Waals surface area contributed by atoms with Crippen LogP contribution in [-0.4, -0.2) is 51.5 Å². The Labute approximate surface area is 185 Å². The molecule has 1 fully saturated rings. The smallest absolute Gasteiger partial charge is 0.253 e. The van der Waals surface area contributed by atoms with Crippen molar-refractivity contribution in [2.45, 2.75) is 13.5 Å². The van der Waals surface area contributed by atoms with Gasteiger partial charge in [0, 0.05) is 24.5 Å². The van der Waals surface area contributed by atoms with Crippen molar-refractivity contribution in [2.24, 2.45) is 0 Å². The van der Waals surface area contributed by atoms with Gasteiger partial charge in [-0.1, -0.05) is 48.5 Å². The number of para-hydroxylation sites is 1. The lowest BCUT2D eigenvalue weighted by Crippen LogP contribution is -2.43. The molecule has 5 rings (SSSR count). The molecule has 2 aromatic heterocycles. The first kappa shape index (κ1) is 20.2. The van der Waals surface area contributed by atoms with Gasteiger partial charge in [0.2, 0.25) is 5.91 Å².